The van der Waals surface area contributed by atoms with Crippen molar-refractivity contribution in [3.8, 4) is 0 Å². The number of aryl methyl sites for hydroxylation is 3. The third-order valence-corrected chi connectivity index (χ3v) is 4.19. The van der Waals surface area contributed by atoms with Crippen LogP contribution >= 0.6 is 11.3 Å². The highest BCUT2D eigenvalue weighted by Crippen LogP contribution is 2.20. The number of nitrogens with two attached hydrogens (primary N) is 1. The van der Waals surface area contributed by atoms with Gasteiger partial charge in [0.25, 0.3) is 0 Å². The summed E-state index contributed by atoms with van der Waals surface area (Å²) in [4.78, 5) is 2.76. The molecule has 0 fully saturated rings. The van der Waals surface area contributed by atoms with E-state index in [4.69, 9.17) is 5.73 Å². The van der Waals surface area contributed by atoms with E-state index in [-0.39, 0.29) is 6.04 Å². The van der Waals surface area contributed by atoms with Crippen molar-refractivity contribution in [1.82, 2.24) is 15.1 Å². The Morgan fingerprint density at radius 1 is 1.50 bits per heavy atom. The normalized spacial score (nSPS) is 12.9. The maximum atomic E-state index is 6.10. The van der Waals surface area contributed by atoms with Gasteiger partial charge in [-0.1, -0.05) is 0 Å². The van der Waals surface area contributed by atoms with Crippen LogP contribution in [0.5, 0.6) is 0 Å². The first-order valence-electron chi connectivity index (χ1n) is 6.07. The Balaban J connectivity index is 1.81. The van der Waals surface area contributed by atoms with E-state index in [2.05, 4.69) is 30.3 Å². The van der Waals surface area contributed by atoms with Gasteiger partial charge in [0, 0.05) is 47.7 Å². The Hall–Kier alpha value is -1.17. The van der Waals surface area contributed by atoms with Crippen LogP contribution in [-0.4, -0.2) is 16.3 Å². The van der Waals surface area contributed by atoms with Crippen molar-refractivity contribution in [3.05, 3.63) is 39.3 Å². The van der Waals surface area contributed by atoms with Crippen LogP contribution in [-0.2, 0) is 13.6 Å². The van der Waals surface area contributed by atoms with Crippen molar-refractivity contribution >= 4 is 11.3 Å². The van der Waals surface area contributed by atoms with Crippen molar-refractivity contribution in [1.29, 1.82) is 0 Å². The fourth-order valence-electron chi connectivity index (χ4n) is 1.84. The molecule has 2 aromatic rings. The fraction of sp³-hybridized carbons (Fsp3) is 0.462. The van der Waals surface area contributed by atoms with E-state index in [1.807, 2.05) is 30.8 Å². The largest absolute Gasteiger partial charge is 0.323 e. The Bertz CT molecular complexity index is 495. The van der Waals surface area contributed by atoms with Crippen LogP contribution in [0.1, 0.15) is 26.9 Å². The molecule has 2 heterocycles. The van der Waals surface area contributed by atoms with E-state index < -0.39 is 0 Å². The van der Waals surface area contributed by atoms with Crippen molar-refractivity contribution < 1.29 is 0 Å². The Labute approximate surface area is 112 Å². The monoisotopic (exact) mass is 264 g/mol. The summed E-state index contributed by atoms with van der Waals surface area (Å²) in [7, 11) is 1.90. The van der Waals surface area contributed by atoms with Crippen LogP contribution in [0.3, 0.4) is 0 Å². The molecule has 0 bridgehead atoms. The molecule has 4 nitrogen and oxygen atoms in total. The molecule has 5 heteroatoms. The fourth-order valence-corrected chi connectivity index (χ4v) is 2.86. The van der Waals surface area contributed by atoms with Crippen LogP contribution in [0.4, 0.5) is 0 Å². The molecule has 1 atom stereocenters. The van der Waals surface area contributed by atoms with Gasteiger partial charge >= 0.3 is 0 Å². The highest BCUT2D eigenvalue weighted by atomic mass is 32.1. The van der Waals surface area contributed by atoms with Gasteiger partial charge in [0.05, 0.1) is 6.20 Å². The quantitative estimate of drug-likeness (QED) is 0.867. The molecule has 0 aliphatic carbocycles. The molecule has 18 heavy (non-hydrogen) atoms. The third kappa shape index (κ3) is 3.19. The molecule has 98 valence electrons. The summed E-state index contributed by atoms with van der Waals surface area (Å²) in [6.45, 7) is 5.95. The van der Waals surface area contributed by atoms with E-state index in [1.165, 1.54) is 15.3 Å². The zero-order valence-electron chi connectivity index (χ0n) is 11.1. The van der Waals surface area contributed by atoms with E-state index in [0.717, 1.165) is 18.7 Å². The molecule has 0 aliphatic heterocycles. The van der Waals surface area contributed by atoms with Crippen LogP contribution in [0.2, 0.25) is 0 Å². The minimum Gasteiger partial charge on any atom is -0.323 e. The predicted octanol–water partition coefficient (Wildman–Crippen LogP) is 1.89. The van der Waals surface area contributed by atoms with E-state index in [9.17, 15) is 0 Å². The minimum atomic E-state index is 0.000793. The Kier molecular flexibility index (Phi) is 4.16. The third-order valence-electron chi connectivity index (χ3n) is 3.03. The lowest BCUT2D eigenvalue weighted by Gasteiger charge is -2.10. The van der Waals surface area contributed by atoms with Gasteiger partial charge in [-0.3, -0.25) is 4.68 Å². The van der Waals surface area contributed by atoms with Crippen molar-refractivity contribution in [2.75, 3.05) is 6.54 Å². The first-order chi connectivity index (χ1) is 8.56. The molecule has 3 N–H and O–H groups in total. The van der Waals surface area contributed by atoms with Crippen molar-refractivity contribution in [3.63, 3.8) is 0 Å². The number of nitrogens with zero attached hydrogens (tertiary/aromatic N) is 2. The standard InChI is InChI=1S/C13H20N4S/c1-9-4-12(18-10(9)2)6-15-7-13(14)11-5-16-17(3)8-11/h4-5,8,13,15H,6-7,14H2,1-3H3. The van der Waals surface area contributed by atoms with Crippen LogP contribution in [0, 0.1) is 13.8 Å². The van der Waals surface area contributed by atoms with E-state index in [1.54, 1.807) is 4.68 Å². The average molecular weight is 264 g/mol. The number of aromatic nitrogens is 2. The van der Waals surface area contributed by atoms with Gasteiger partial charge in [-0.15, -0.1) is 11.3 Å². The Morgan fingerprint density at radius 2 is 2.28 bits per heavy atom. The summed E-state index contributed by atoms with van der Waals surface area (Å²) in [5.41, 5.74) is 8.54. The summed E-state index contributed by atoms with van der Waals surface area (Å²) in [6.07, 6.45) is 3.79. The van der Waals surface area contributed by atoms with Gasteiger partial charge in [0.2, 0.25) is 0 Å². The van der Waals surface area contributed by atoms with Gasteiger partial charge in [-0.05, 0) is 25.5 Å². The number of rotatable bonds is 5. The van der Waals surface area contributed by atoms with Crippen molar-refractivity contribution in [2.45, 2.75) is 26.4 Å². The van der Waals surface area contributed by atoms with Crippen LogP contribution < -0.4 is 11.1 Å². The predicted molar refractivity (Wildman–Crippen MR) is 75.6 cm³/mol. The summed E-state index contributed by atoms with van der Waals surface area (Å²) < 4.78 is 1.78. The topological polar surface area (TPSA) is 55.9 Å². The second-order valence-electron chi connectivity index (χ2n) is 4.64. The summed E-state index contributed by atoms with van der Waals surface area (Å²) in [5, 5.41) is 7.53. The lowest BCUT2D eigenvalue weighted by atomic mass is 10.2. The summed E-state index contributed by atoms with van der Waals surface area (Å²) in [6, 6.07) is 2.24. The minimum absolute atomic E-state index is 0.000793. The number of hydrogen-bond donors (Lipinski definition) is 2. The number of thiophene rings is 1. The van der Waals surface area contributed by atoms with E-state index in [0.29, 0.717) is 0 Å². The molecule has 0 amide bonds. The summed E-state index contributed by atoms with van der Waals surface area (Å²) in [5.74, 6) is 0. The number of nitrogens with one attached hydrogen (secondary N) is 1. The first kappa shape index (κ1) is 13.3. The highest BCUT2D eigenvalue weighted by Gasteiger charge is 2.08. The second-order valence-corrected chi connectivity index (χ2v) is 5.98. The molecular formula is C13H20N4S. The molecular weight excluding hydrogens is 244 g/mol. The first-order valence-corrected chi connectivity index (χ1v) is 6.88. The van der Waals surface area contributed by atoms with Crippen LogP contribution in [0.15, 0.2) is 18.5 Å². The Morgan fingerprint density at radius 3 is 2.83 bits per heavy atom. The van der Waals surface area contributed by atoms with Crippen molar-refractivity contribution in [2.24, 2.45) is 12.8 Å². The van der Waals surface area contributed by atoms with E-state index >= 15 is 0 Å². The zero-order chi connectivity index (χ0) is 13.1. The highest BCUT2D eigenvalue weighted by molar-refractivity contribution is 7.12. The molecule has 0 radical (unpaired) electrons. The van der Waals surface area contributed by atoms with Gasteiger partial charge in [0.15, 0.2) is 0 Å². The molecule has 2 rings (SSSR count). The number of hydrogen-bond acceptors (Lipinski definition) is 4. The second kappa shape index (κ2) is 5.65. The zero-order valence-corrected chi connectivity index (χ0v) is 11.9. The van der Waals surface area contributed by atoms with Gasteiger partial charge in [-0.25, -0.2) is 0 Å². The van der Waals surface area contributed by atoms with Gasteiger partial charge < -0.3 is 11.1 Å². The molecule has 0 aromatic carbocycles. The smallest absolute Gasteiger partial charge is 0.0537 e. The lowest BCUT2D eigenvalue weighted by Crippen LogP contribution is -2.26. The molecule has 2 aromatic heterocycles. The molecule has 1 unspecified atom stereocenters. The van der Waals surface area contributed by atoms with Gasteiger partial charge in [-0.2, -0.15) is 5.10 Å². The maximum Gasteiger partial charge on any atom is 0.0537 e. The maximum absolute atomic E-state index is 6.10. The van der Waals surface area contributed by atoms with Gasteiger partial charge in [0.1, 0.15) is 0 Å². The SMILES string of the molecule is Cc1cc(CNCC(N)c2cnn(C)c2)sc1C. The molecule has 0 aliphatic rings. The van der Waals surface area contributed by atoms with Crippen LogP contribution in [0.25, 0.3) is 0 Å². The lowest BCUT2D eigenvalue weighted by molar-refractivity contribution is 0.601. The molecule has 0 saturated heterocycles. The molecule has 0 saturated carbocycles. The molecule has 0 spiro atoms. The average Bonchev–Trinajstić information content (AvgIpc) is 2.87. The summed E-state index contributed by atoms with van der Waals surface area (Å²) >= 11 is 1.85.